The Kier molecular flexibility index (Phi) is 4.38. The normalized spacial score (nSPS) is 11.0. The molecule has 130 valence electrons. The van der Waals surface area contributed by atoms with Crippen molar-refractivity contribution < 1.29 is 9.21 Å². The van der Waals surface area contributed by atoms with Crippen molar-refractivity contribution in [1.29, 1.82) is 0 Å². The van der Waals surface area contributed by atoms with Crippen LogP contribution in [0.5, 0.6) is 0 Å². The molecule has 0 unspecified atom stereocenters. The van der Waals surface area contributed by atoms with E-state index < -0.39 is 0 Å². The zero-order valence-electron chi connectivity index (χ0n) is 14.2. The summed E-state index contributed by atoms with van der Waals surface area (Å²) in [6.07, 6.45) is 0. The molecule has 1 N–H and O–H groups in total. The summed E-state index contributed by atoms with van der Waals surface area (Å²) in [6.45, 7) is 4.16. The number of carbonyl (C=O) groups is 1. The van der Waals surface area contributed by atoms with Gasteiger partial charge in [0.05, 0.1) is 5.69 Å². The van der Waals surface area contributed by atoms with E-state index in [0.717, 1.165) is 21.1 Å². The van der Waals surface area contributed by atoms with E-state index >= 15 is 0 Å². The lowest BCUT2D eigenvalue weighted by Gasteiger charge is -2.02. The van der Waals surface area contributed by atoms with Gasteiger partial charge >= 0.3 is 0 Å². The van der Waals surface area contributed by atoms with Gasteiger partial charge < -0.3 is 4.42 Å². The van der Waals surface area contributed by atoms with E-state index in [4.69, 9.17) is 4.42 Å². The van der Waals surface area contributed by atoms with E-state index in [2.05, 4.69) is 52.2 Å². The lowest BCUT2D eigenvalue weighted by atomic mass is 10.1. The molecule has 0 saturated heterocycles. The van der Waals surface area contributed by atoms with Crippen molar-refractivity contribution in [3.8, 4) is 11.3 Å². The number of rotatable bonds is 3. The summed E-state index contributed by atoms with van der Waals surface area (Å²) in [6, 6.07) is 13.6. The molecule has 0 aliphatic rings. The second-order valence-corrected chi connectivity index (χ2v) is 7.86. The van der Waals surface area contributed by atoms with Gasteiger partial charge in [0.25, 0.3) is 5.91 Å². The first-order valence-electron chi connectivity index (χ1n) is 8.03. The van der Waals surface area contributed by atoms with Crippen molar-refractivity contribution in [3.05, 3.63) is 69.2 Å². The van der Waals surface area contributed by atoms with E-state index in [1.165, 1.54) is 22.5 Å². The monoisotopic (exact) mass is 426 g/mol. The van der Waals surface area contributed by atoms with E-state index in [0.29, 0.717) is 10.7 Å². The van der Waals surface area contributed by atoms with Gasteiger partial charge in [-0.2, -0.15) is 0 Å². The number of hydrogen-bond donors (Lipinski definition) is 1. The summed E-state index contributed by atoms with van der Waals surface area (Å²) >= 11 is 4.81. The minimum absolute atomic E-state index is 0.265. The molecule has 2 heterocycles. The molecular weight excluding hydrogens is 412 g/mol. The maximum atomic E-state index is 12.5. The van der Waals surface area contributed by atoms with E-state index in [-0.39, 0.29) is 11.7 Å². The number of amides is 1. The van der Waals surface area contributed by atoms with Crippen LogP contribution < -0.4 is 5.32 Å². The first-order chi connectivity index (χ1) is 12.5. The molecule has 6 heteroatoms. The number of hydrogen-bond acceptors (Lipinski definition) is 4. The van der Waals surface area contributed by atoms with Crippen LogP contribution in [0.25, 0.3) is 22.2 Å². The average molecular weight is 427 g/mol. The Labute approximate surface area is 163 Å². The number of halogens is 1. The molecule has 0 radical (unpaired) electrons. The number of nitrogens with zero attached hydrogens (tertiary/aromatic N) is 1. The van der Waals surface area contributed by atoms with E-state index in [9.17, 15) is 4.79 Å². The highest BCUT2D eigenvalue weighted by Crippen LogP contribution is 2.28. The Morgan fingerprint density at radius 2 is 1.96 bits per heavy atom. The van der Waals surface area contributed by atoms with Crippen LogP contribution in [0.3, 0.4) is 0 Å². The van der Waals surface area contributed by atoms with E-state index in [1.807, 2.05) is 29.6 Å². The van der Waals surface area contributed by atoms with E-state index in [1.54, 1.807) is 6.07 Å². The van der Waals surface area contributed by atoms with Crippen molar-refractivity contribution in [2.24, 2.45) is 0 Å². The fraction of sp³-hybridized carbons (Fsp3) is 0.100. The Morgan fingerprint density at radius 3 is 2.77 bits per heavy atom. The Bertz CT molecular complexity index is 1130. The Balaban J connectivity index is 1.56. The summed E-state index contributed by atoms with van der Waals surface area (Å²) in [7, 11) is 0. The number of fused-ring (bicyclic) bond motifs is 1. The first kappa shape index (κ1) is 17.0. The highest BCUT2D eigenvalue weighted by Gasteiger charge is 2.15. The van der Waals surface area contributed by atoms with Crippen LogP contribution >= 0.6 is 27.3 Å². The lowest BCUT2D eigenvalue weighted by molar-refractivity contribution is 0.0998. The fourth-order valence-corrected chi connectivity index (χ4v) is 3.74. The maximum absolute atomic E-state index is 12.5. The number of aromatic nitrogens is 1. The van der Waals surface area contributed by atoms with Crippen LogP contribution in [0.4, 0.5) is 5.13 Å². The Morgan fingerprint density at radius 1 is 1.12 bits per heavy atom. The van der Waals surface area contributed by atoms with Crippen LogP contribution in [0.1, 0.15) is 21.7 Å². The third-order valence-corrected chi connectivity index (χ3v) is 5.48. The Hall–Kier alpha value is -2.44. The van der Waals surface area contributed by atoms with Gasteiger partial charge in [0.1, 0.15) is 5.58 Å². The summed E-state index contributed by atoms with van der Waals surface area (Å²) in [5.41, 5.74) is 5.03. The zero-order chi connectivity index (χ0) is 18.3. The average Bonchev–Trinajstić information content (AvgIpc) is 3.23. The van der Waals surface area contributed by atoms with Crippen LogP contribution in [-0.4, -0.2) is 10.9 Å². The quantitative estimate of drug-likeness (QED) is 0.424. The van der Waals surface area contributed by atoms with Gasteiger partial charge in [-0.3, -0.25) is 10.1 Å². The van der Waals surface area contributed by atoms with Crippen LogP contribution in [0.2, 0.25) is 0 Å². The SMILES string of the molecule is Cc1ccc(-c2csc(NC(=O)c3cc4cc(Br)ccc4o3)n2)cc1C. The molecule has 2 aromatic heterocycles. The summed E-state index contributed by atoms with van der Waals surface area (Å²) in [5, 5.41) is 6.17. The standard InChI is InChI=1S/C20H15BrN2O2S/c1-11-3-4-13(7-12(11)2)16-10-26-20(22-16)23-19(24)18-9-14-8-15(21)5-6-17(14)25-18/h3-10H,1-2H3,(H,22,23,24). The van der Waals surface area contributed by atoms with Crippen molar-refractivity contribution in [2.75, 3.05) is 5.32 Å². The number of nitrogens with one attached hydrogen (secondary N) is 1. The number of carbonyl (C=O) groups excluding carboxylic acids is 1. The maximum Gasteiger partial charge on any atom is 0.293 e. The minimum atomic E-state index is -0.307. The summed E-state index contributed by atoms with van der Waals surface area (Å²) in [4.78, 5) is 17.0. The molecule has 0 atom stereocenters. The van der Waals surface area contributed by atoms with Gasteiger partial charge in [-0.15, -0.1) is 11.3 Å². The van der Waals surface area contributed by atoms with Gasteiger partial charge in [0.2, 0.25) is 0 Å². The molecule has 4 nitrogen and oxygen atoms in total. The highest BCUT2D eigenvalue weighted by atomic mass is 79.9. The third kappa shape index (κ3) is 3.30. The van der Waals surface area contributed by atoms with Crippen molar-refractivity contribution in [2.45, 2.75) is 13.8 Å². The van der Waals surface area contributed by atoms with Gasteiger partial charge in [-0.05, 0) is 55.3 Å². The second-order valence-electron chi connectivity index (χ2n) is 6.08. The molecule has 0 aliphatic carbocycles. The number of thiazole rings is 1. The van der Waals surface area contributed by atoms with Gasteiger partial charge in [0.15, 0.2) is 10.9 Å². The molecule has 1 amide bonds. The molecular formula is C20H15BrN2O2S. The van der Waals surface area contributed by atoms with Crippen molar-refractivity contribution >= 4 is 49.3 Å². The third-order valence-electron chi connectivity index (χ3n) is 4.23. The first-order valence-corrected chi connectivity index (χ1v) is 9.70. The zero-order valence-corrected chi connectivity index (χ0v) is 16.6. The van der Waals surface area contributed by atoms with Crippen LogP contribution in [0.15, 0.2) is 56.7 Å². The largest absolute Gasteiger partial charge is 0.451 e. The van der Waals surface area contributed by atoms with Gasteiger partial charge in [0, 0.05) is 20.8 Å². The van der Waals surface area contributed by atoms with Crippen LogP contribution in [0, 0.1) is 13.8 Å². The second kappa shape index (κ2) is 6.70. The van der Waals surface area contributed by atoms with Gasteiger partial charge in [-0.25, -0.2) is 4.98 Å². The minimum Gasteiger partial charge on any atom is -0.451 e. The molecule has 0 saturated carbocycles. The number of aryl methyl sites for hydroxylation is 2. The van der Waals surface area contributed by atoms with Gasteiger partial charge in [-0.1, -0.05) is 28.1 Å². The lowest BCUT2D eigenvalue weighted by Crippen LogP contribution is -2.10. The number of benzene rings is 2. The fourth-order valence-electron chi connectivity index (χ4n) is 2.65. The number of anilines is 1. The molecule has 4 rings (SSSR count). The molecule has 2 aromatic carbocycles. The summed E-state index contributed by atoms with van der Waals surface area (Å²) < 4.78 is 6.56. The smallest absolute Gasteiger partial charge is 0.293 e. The van der Waals surface area contributed by atoms with Crippen LogP contribution in [-0.2, 0) is 0 Å². The summed E-state index contributed by atoms with van der Waals surface area (Å²) in [5.74, 6) is -0.0423. The predicted octanol–water partition coefficient (Wildman–Crippen LogP) is 6.19. The molecule has 0 bridgehead atoms. The molecule has 26 heavy (non-hydrogen) atoms. The molecule has 4 aromatic rings. The topological polar surface area (TPSA) is 55.1 Å². The molecule has 0 spiro atoms. The molecule has 0 aliphatic heterocycles. The predicted molar refractivity (Wildman–Crippen MR) is 109 cm³/mol. The number of furan rings is 1. The molecule has 0 fully saturated rings. The van der Waals surface area contributed by atoms with Crippen molar-refractivity contribution in [3.63, 3.8) is 0 Å². The van der Waals surface area contributed by atoms with Crippen molar-refractivity contribution in [1.82, 2.24) is 4.98 Å². The highest BCUT2D eigenvalue weighted by molar-refractivity contribution is 9.10.